The van der Waals surface area contributed by atoms with E-state index in [4.69, 9.17) is 4.74 Å². The first kappa shape index (κ1) is 15.5. The lowest BCUT2D eigenvalue weighted by molar-refractivity contribution is -0.146. The van der Waals surface area contributed by atoms with Crippen molar-refractivity contribution in [3.05, 3.63) is 11.1 Å². The molecule has 1 rings (SSSR count). The predicted octanol–water partition coefficient (Wildman–Crippen LogP) is 2.47. The molecule has 0 amide bonds. The number of carbonyl (C=O) groups excluding carboxylic acids is 1. The van der Waals surface area contributed by atoms with Crippen molar-refractivity contribution >= 4 is 29.1 Å². The number of hydrogen-bond acceptors (Lipinski definition) is 6. The fourth-order valence-corrected chi connectivity index (χ4v) is 3.37. The first-order valence-corrected chi connectivity index (χ1v) is 7.76. The number of rotatable bonds is 7. The summed E-state index contributed by atoms with van der Waals surface area (Å²) in [7, 11) is 1.42. The van der Waals surface area contributed by atoms with Crippen molar-refractivity contribution in [3.8, 4) is 0 Å². The molecule has 0 bridgehead atoms. The SMILES string of the molecule is CCCNC(C)(CSc1nc(C)cs1)C(=O)OC. The van der Waals surface area contributed by atoms with Crippen LogP contribution in [0.15, 0.2) is 9.72 Å². The van der Waals surface area contributed by atoms with Gasteiger partial charge in [-0.05, 0) is 26.8 Å². The Bertz CT molecular complexity index is 395. The van der Waals surface area contributed by atoms with Gasteiger partial charge in [-0.3, -0.25) is 4.79 Å². The van der Waals surface area contributed by atoms with E-state index in [1.54, 1.807) is 23.1 Å². The van der Waals surface area contributed by atoms with Crippen molar-refractivity contribution in [1.29, 1.82) is 0 Å². The lowest BCUT2D eigenvalue weighted by Gasteiger charge is -2.27. The number of ether oxygens (including phenoxy) is 1. The summed E-state index contributed by atoms with van der Waals surface area (Å²) in [6.07, 6.45) is 0.980. The summed E-state index contributed by atoms with van der Waals surface area (Å²) < 4.78 is 5.86. The molecule has 4 nitrogen and oxygen atoms in total. The standard InChI is InChI=1S/C12H20N2O2S2/c1-5-6-13-12(3,10(15)16-4)8-18-11-14-9(2)7-17-11/h7,13H,5-6,8H2,1-4H3. The summed E-state index contributed by atoms with van der Waals surface area (Å²) in [4.78, 5) is 16.2. The average Bonchev–Trinajstić information content (AvgIpc) is 2.78. The van der Waals surface area contributed by atoms with Gasteiger partial charge in [-0.2, -0.15) is 0 Å². The van der Waals surface area contributed by atoms with E-state index in [1.807, 2.05) is 19.2 Å². The predicted molar refractivity (Wildman–Crippen MR) is 76.3 cm³/mol. The van der Waals surface area contributed by atoms with Crippen molar-refractivity contribution in [2.24, 2.45) is 0 Å². The van der Waals surface area contributed by atoms with Crippen LogP contribution in [-0.2, 0) is 9.53 Å². The zero-order valence-electron chi connectivity index (χ0n) is 11.3. The fourth-order valence-electron chi connectivity index (χ4n) is 1.41. The summed E-state index contributed by atoms with van der Waals surface area (Å²) in [5, 5.41) is 5.27. The number of thioether (sulfide) groups is 1. The molecule has 1 aromatic rings. The van der Waals surface area contributed by atoms with Crippen LogP contribution in [0, 0.1) is 6.92 Å². The molecule has 1 atom stereocenters. The lowest BCUT2D eigenvalue weighted by Crippen LogP contribution is -2.52. The molecule has 0 radical (unpaired) electrons. The Balaban J connectivity index is 2.63. The van der Waals surface area contributed by atoms with Gasteiger partial charge in [0, 0.05) is 16.8 Å². The summed E-state index contributed by atoms with van der Waals surface area (Å²) in [6.45, 7) is 6.71. The zero-order chi connectivity index (χ0) is 13.6. The minimum Gasteiger partial charge on any atom is -0.468 e. The van der Waals surface area contributed by atoms with Crippen molar-refractivity contribution in [1.82, 2.24) is 10.3 Å². The fraction of sp³-hybridized carbons (Fsp3) is 0.667. The third-order valence-electron chi connectivity index (χ3n) is 2.48. The first-order valence-electron chi connectivity index (χ1n) is 5.90. The second-order valence-corrected chi connectivity index (χ2v) is 6.37. The van der Waals surface area contributed by atoms with Gasteiger partial charge < -0.3 is 10.1 Å². The maximum Gasteiger partial charge on any atom is 0.326 e. The van der Waals surface area contributed by atoms with Gasteiger partial charge >= 0.3 is 5.97 Å². The van der Waals surface area contributed by atoms with Crippen LogP contribution in [0.5, 0.6) is 0 Å². The van der Waals surface area contributed by atoms with Gasteiger partial charge in [0.15, 0.2) is 0 Å². The molecule has 6 heteroatoms. The Hall–Kier alpha value is -0.590. The van der Waals surface area contributed by atoms with Gasteiger partial charge in [0.2, 0.25) is 0 Å². The highest BCUT2D eigenvalue weighted by Crippen LogP contribution is 2.26. The highest BCUT2D eigenvalue weighted by Gasteiger charge is 2.34. The van der Waals surface area contributed by atoms with Crippen LogP contribution >= 0.6 is 23.1 Å². The highest BCUT2D eigenvalue weighted by molar-refractivity contribution is 8.01. The number of nitrogens with zero attached hydrogens (tertiary/aromatic N) is 1. The number of thiazole rings is 1. The van der Waals surface area contributed by atoms with Gasteiger partial charge in [0.1, 0.15) is 9.88 Å². The molecule has 0 fully saturated rings. The highest BCUT2D eigenvalue weighted by atomic mass is 32.2. The van der Waals surface area contributed by atoms with E-state index in [-0.39, 0.29) is 5.97 Å². The van der Waals surface area contributed by atoms with Crippen LogP contribution in [0.1, 0.15) is 26.0 Å². The number of esters is 1. The molecule has 1 heterocycles. The van der Waals surface area contributed by atoms with Crippen LogP contribution < -0.4 is 5.32 Å². The number of hydrogen-bond donors (Lipinski definition) is 1. The van der Waals surface area contributed by atoms with Crippen molar-refractivity contribution < 1.29 is 9.53 Å². The molecule has 18 heavy (non-hydrogen) atoms. The molecule has 0 spiro atoms. The van der Waals surface area contributed by atoms with Crippen molar-refractivity contribution in [3.63, 3.8) is 0 Å². The maximum atomic E-state index is 11.9. The second kappa shape index (κ2) is 7.11. The van der Waals surface area contributed by atoms with Gasteiger partial charge in [-0.25, -0.2) is 4.98 Å². The van der Waals surface area contributed by atoms with E-state index in [0.717, 1.165) is 23.0 Å². The number of methoxy groups -OCH3 is 1. The van der Waals surface area contributed by atoms with Crippen molar-refractivity contribution in [2.45, 2.75) is 37.1 Å². The average molecular weight is 288 g/mol. The normalized spacial score (nSPS) is 14.2. The van der Waals surface area contributed by atoms with Crippen LogP contribution in [0.2, 0.25) is 0 Å². The summed E-state index contributed by atoms with van der Waals surface area (Å²) in [5.41, 5.74) is 0.360. The van der Waals surface area contributed by atoms with Gasteiger partial charge in [-0.15, -0.1) is 11.3 Å². The van der Waals surface area contributed by atoms with Gasteiger partial charge in [-0.1, -0.05) is 18.7 Å². The quantitative estimate of drug-likeness (QED) is 0.617. The van der Waals surface area contributed by atoms with E-state index >= 15 is 0 Å². The second-order valence-electron chi connectivity index (χ2n) is 4.29. The van der Waals surface area contributed by atoms with E-state index in [1.165, 1.54) is 7.11 Å². The molecule has 0 saturated heterocycles. The van der Waals surface area contributed by atoms with E-state index in [0.29, 0.717) is 5.75 Å². The molecule has 0 saturated carbocycles. The number of aryl methyl sites for hydroxylation is 1. The smallest absolute Gasteiger partial charge is 0.326 e. The van der Waals surface area contributed by atoms with E-state index < -0.39 is 5.54 Å². The molecular weight excluding hydrogens is 268 g/mol. The monoisotopic (exact) mass is 288 g/mol. The molecule has 1 N–H and O–H groups in total. The van der Waals surface area contributed by atoms with Crippen LogP contribution in [-0.4, -0.2) is 35.9 Å². The molecule has 0 aliphatic heterocycles. The molecule has 0 aliphatic carbocycles. The molecule has 0 aromatic carbocycles. The number of carbonyl (C=O) groups is 1. The summed E-state index contributed by atoms with van der Waals surface area (Å²) in [5.74, 6) is 0.392. The zero-order valence-corrected chi connectivity index (χ0v) is 12.9. The molecule has 1 unspecified atom stereocenters. The Morgan fingerprint density at radius 2 is 2.39 bits per heavy atom. The van der Waals surface area contributed by atoms with Gasteiger partial charge in [0.05, 0.1) is 7.11 Å². The summed E-state index contributed by atoms with van der Waals surface area (Å²) in [6, 6.07) is 0. The largest absolute Gasteiger partial charge is 0.468 e. The lowest BCUT2D eigenvalue weighted by atomic mass is 10.1. The minimum atomic E-state index is -0.658. The first-order chi connectivity index (χ1) is 8.51. The third kappa shape index (κ3) is 4.26. The number of aromatic nitrogens is 1. The topological polar surface area (TPSA) is 51.2 Å². The maximum absolute atomic E-state index is 11.9. The molecular formula is C12H20N2O2S2. The summed E-state index contributed by atoms with van der Waals surface area (Å²) >= 11 is 3.19. The van der Waals surface area contributed by atoms with Gasteiger partial charge in [0.25, 0.3) is 0 Å². The number of nitrogens with one attached hydrogen (secondary N) is 1. The Kier molecular flexibility index (Phi) is 6.11. The van der Waals surface area contributed by atoms with Crippen molar-refractivity contribution in [2.75, 3.05) is 19.4 Å². The van der Waals surface area contributed by atoms with E-state index in [9.17, 15) is 4.79 Å². The third-order valence-corrected chi connectivity index (χ3v) is 4.94. The Morgan fingerprint density at radius 1 is 1.67 bits per heavy atom. The molecule has 0 aliphatic rings. The minimum absolute atomic E-state index is 0.225. The van der Waals surface area contributed by atoms with Crippen LogP contribution in [0.3, 0.4) is 0 Å². The Labute approximate surface area is 117 Å². The van der Waals surface area contributed by atoms with Crippen LogP contribution in [0.4, 0.5) is 0 Å². The van der Waals surface area contributed by atoms with E-state index in [2.05, 4.69) is 17.2 Å². The Morgan fingerprint density at radius 3 is 2.89 bits per heavy atom. The van der Waals surface area contributed by atoms with Crippen LogP contribution in [0.25, 0.3) is 0 Å². The molecule has 102 valence electrons. The molecule has 1 aromatic heterocycles.